The normalized spacial score (nSPS) is 10.9. The van der Waals surface area contributed by atoms with Crippen molar-refractivity contribution in [1.29, 1.82) is 0 Å². The van der Waals surface area contributed by atoms with Crippen LogP contribution < -0.4 is 15.8 Å². The maximum absolute atomic E-state index is 6.09. The van der Waals surface area contributed by atoms with E-state index in [9.17, 15) is 0 Å². The van der Waals surface area contributed by atoms with E-state index in [1.807, 2.05) is 42.6 Å². The van der Waals surface area contributed by atoms with Gasteiger partial charge in [-0.15, -0.1) is 24.0 Å². The van der Waals surface area contributed by atoms with E-state index in [2.05, 4.69) is 15.4 Å². The van der Waals surface area contributed by atoms with Gasteiger partial charge in [-0.1, -0.05) is 23.7 Å². The van der Waals surface area contributed by atoms with Gasteiger partial charge in [0.25, 0.3) is 0 Å². The zero-order valence-electron chi connectivity index (χ0n) is 14.1. The molecule has 8 heteroatoms. The minimum absolute atomic E-state index is 0. The Labute approximate surface area is 174 Å². The molecular weight excluding hydrogens is 465 g/mol. The SMILES string of the molecule is COc1ccc(NC(N)=NCc2ccc(-n3cccn3)cc2)cc1Cl.I. The van der Waals surface area contributed by atoms with Gasteiger partial charge in [-0.2, -0.15) is 5.10 Å². The van der Waals surface area contributed by atoms with E-state index >= 15 is 0 Å². The Bertz CT molecular complexity index is 866. The summed E-state index contributed by atoms with van der Waals surface area (Å²) in [5.41, 5.74) is 8.73. The van der Waals surface area contributed by atoms with E-state index in [1.54, 1.807) is 30.1 Å². The zero-order chi connectivity index (χ0) is 17.6. The average Bonchev–Trinajstić information content (AvgIpc) is 3.15. The van der Waals surface area contributed by atoms with E-state index in [4.69, 9.17) is 22.1 Å². The molecule has 2 aromatic carbocycles. The summed E-state index contributed by atoms with van der Waals surface area (Å²) in [6, 6.07) is 15.2. The van der Waals surface area contributed by atoms with E-state index in [1.165, 1.54) is 0 Å². The minimum Gasteiger partial charge on any atom is -0.495 e. The van der Waals surface area contributed by atoms with Crippen LogP contribution in [0.25, 0.3) is 5.69 Å². The van der Waals surface area contributed by atoms with Crippen LogP contribution in [-0.2, 0) is 6.54 Å². The molecule has 0 aliphatic rings. The molecule has 0 amide bonds. The Hall–Kier alpha value is -2.26. The number of nitrogens with two attached hydrogens (primary N) is 1. The molecule has 1 aromatic heterocycles. The summed E-state index contributed by atoms with van der Waals surface area (Å²) < 4.78 is 6.92. The van der Waals surface area contributed by atoms with Crippen LogP contribution in [0.5, 0.6) is 5.75 Å². The molecule has 1 heterocycles. The summed E-state index contributed by atoms with van der Waals surface area (Å²) in [6.07, 6.45) is 3.64. The lowest BCUT2D eigenvalue weighted by molar-refractivity contribution is 0.415. The molecule has 6 nitrogen and oxygen atoms in total. The lowest BCUT2D eigenvalue weighted by Crippen LogP contribution is -2.22. The number of nitrogens with zero attached hydrogens (tertiary/aromatic N) is 3. The largest absolute Gasteiger partial charge is 0.495 e. The highest BCUT2D eigenvalue weighted by molar-refractivity contribution is 14.0. The molecule has 0 aliphatic carbocycles. The minimum atomic E-state index is 0. The molecule has 0 spiro atoms. The number of nitrogens with one attached hydrogen (secondary N) is 1. The van der Waals surface area contributed by atoms with Crippen LogP contribution in [0.2, 0.25) is 5.02 Å². The van der Waals surface area contributed by atoms with Gasteiger partial charge in [0, 0.05) is 18.1 Å². The summed E-state index contributed by atoms with van der Waals surface area (Å²) in [6.45, 7) is 0.474. The summed E-state index contributed by atoms with van der Waals surface area (Å²) in [5.74, 6) is 0.928. The van der Waals surface area contributed by atoms with Gasteiger partial charge in [0.05, 0.1) is 24.4 Å². The number of aliphatic imine (C=N–C) groups is 1. The second-order valence-electron chi connectivity index (χ2n) is 5.29. The third-order valence-electron chi connectivity index (χ3n) is 3.56. The molecule has 0 bridgehead atoms. The van der Waals surface area contributed by atoms with Crippen LogP contribution in [-0.4, -0.2) is 22.8 Å². The van der Waals surface area contributed by atoms with Gasteiger partial charge < -0.3 is 15.8 Å². The lowest BCUT2D eigenvalue weighted by Gasteiger charge is -2.08. The molecule has 26 heavy (non-hydrogen) atoms. The topological polar surface area (TPSA) is 77.5 Å². The molecule has 0 radical (unpaired) electrons. The number of rotatable bonds is 5. The number of methoxy groups -OCH3 is 1. The number of halogens is 2. The van der Waals surface area contributed by atoms with Gasteiger partial charge in [-0.3, -0.25) is 0 Å². The van der Waals surface area contributed by atoms with Gasteiger partial charge in [0.1, 0.15) is 5.75 Å². The fourth-order valence-corrected chi connectivity index (χ4v) is 2.54. The van der Waals surface area contributed by atoms with Gasteiger partial charge >= 0.3 is 0 Å². The molecule has 0 saturated carbocycles. The van der Waals surface area contributed by atoms with Crippen molar-refractivity contribution in [2.24, 2.45) is 10.7 Å². The highest BCUT2D eigenvalue weighted by atomic mass is 127. The number of hydrogen-bond donors (Lipinski definition) is 2. The highest BCUT2D eigenvalue weighted by Gasteiger charge is 2.03. The number of benzene rings is 2. The van der Waals surface area contributed by atoms with E-state index in [0.717, 1.165) is 16.9 Å². The molecule has 0 aliphatic heterocycles. The van der Waals surface area contributed by atoms with Crippen molar-refractivity contribution in [3.63, 3.8) is 0 Å². The monoisotopic (exact) mass is 483 g/mol. The Morgan fingerprint density at radius 2 is 2.04 bits per heavy atom. The zero-order valence-corrected chi connectivity index (χ0v) is 17.2. The number of guanidine groups is 1. The highest BCUT2D eigenvalue weighted by Crippen LogP contribution is 2.27. The van der Waals surface area contributed by atoms with E-state index in [-0.39, 0.29) is 24.0 Å². The van der Waals surface area contributed by atoms with E-state index in [0.29, 0.717) is 23.3 Å². The number of ether oxygens (including phenoxy) is 1. The van der Waals surface area contributed by atoms with Crippen molar-refractivity contribution in [2.45, 2.75) is 6.54 Å². The maximum atomic E-state index is 6.09. The smallest absolute Gasteiger partial charge is 0.193 e. The molecule has 3 aromatic rings. The fraction of sp³-hybridized carbons (Fsp3) is 0.111. The van der Waals surface area contributed by atoms with Crippen LogP contribution in [0.15, 0.2) is 65.9 Å². The third-order valence-corrected chi connectivity index (χ3v) is 3.86. The van der Waals surface area contributed by atoms with Gasteiger partial charge in [-0.05, 0) is 42.0 Å². The Kier molecular flexibility index (Phi) is 7.28. The number of hydrogen-bond acceptors (Lipinski definition) is 3. The number of aromatic nitrogens is 2. The quantitative estimate of drug-likeness (QED) is 0.326. The molecule has 0 unspecified atom stereocenters. The van der Waals surface area contributed by atoms with Crippen LogP contribution in [0.4, 0.5) is 5.69 Å². The lowest BCUT2D eigenvalue weighted by atomic mass is 10.2. The Morgan fingerprint density at radius 3 is 2.65 bits per heavy atom. The second-order valence-corrected chi connectivity index (χ2v) is 5.70. The van der Waals surface area contributed by atoms with Crippen LogP contribution in [0.1, 0.15) is 5.56 Å². The van der Waals surface area contributed by atoms with Crippen LogP contribution >= 0.6 is 35.6 Å². The first kappa shape index (κ1) is 20.1. The first-order valence-corrected chi connectivity index (χ1v) is 8.03. The third kappa shape index (κ3) is 5.12. The first-order chi connectivity index (χ1) is 12.2. The van der Waals surface area contributed by atoms with Crippen molar-refractivity contribution >= 4 is 47.2 Å². The molecule has 136 valence electrons. The molecule has 0 atom stereocenters. The van der Waals surface area contributed by atoms with Gasteiger partial charge in [0.2, 0.25) is 0 Å². The summed E-state index contributed by atoms with van der Waals surface area (Å²) in [4.78, 5) is 4.34. The molecule has 3 N–H and O–H groups in total. The number of anilines is 1. The summed E-state index contributed by atoms with van der Waals surface area (Å²) >= 11 is 6.09. The van der Waals surface area contributed by atoms with Crippen molar-refractivity contribution in [2.75, 3.05) is 12.4 Å². The van der Waals surface area contributed by atoms with Gasteiger partial charge in [0.15, 0.2) is 5.96 Å². The van der Waals surface area contributed by atoms with Crippen molar-refractivity contribution in [3.8, 4) is 11.4 Å². The molecule has 3 rings (SSSR count). The Morgan fingerprint density at radius 1 is 1.27 bits per heavy atom. The summed E-state index contributed by atoms with van der Waals surface area (Å²) in [7, 11) is 1.57. The summed E-state index contributed by atoms with van der Waals surface area (Å²) in [5, 5.41) is 7.72. The van der Waals surface area contributed by atoms with Crippen molar-refractivity contribution in [1.82, 2.24) is 9.78 Å². The van der Waals surface area contributed by atoms with Crippen LogP contribution in [0, 0.1) is 0 Å². The fourth-order valence-electron chi connectivity index (χ4n) is 2.28. The van der Waals surface area contributed by atoms with E-state index < -0.39 is 0 Å². The average molecular weight is 484 g/mol. The Balaban J connectivity index is 0.00000243. The van der Waals surface area contributed by atoms with Gasteiger partial charge in [-0.25, -0.2) is 9.67 Å². The predicted molar refractivity (Wildman–Crippen MR) is 116 cm³/mol. The van der Waals surface area contributed by atoms with Crippen molar-refractivity contribution in [3.05, 3.63) is 71.5 Å². The molecular formula is C18H19ClIN5O. The maximum Gasteiger partial charge on any atom is 0.193 e. The van der Waals surface area contributed by atoms with Crippen LogP contribution in [0.3, 0.4) is 0 Å². The standard InChI is InChI=1S/C18H18ClN5O.HI/c1-25-17-8-5-14(11-16(17)19)23-18(20)21-12-13-3-6-15(7-4-13)24-10-2-9-22-24;/h2-11H,12H2,1H3,(H3,20,21,23);1H. The van der Waals surface area contributed by atoms with Crippen molar-refractivity contribution < 1.29 is 4.74 Å². The first-order valence-electron chi connectivity index (χ1n) is 7.65. The predicted octanol–water partition coefficient (Wildman–Crippen LogP) is 4.08. The molecule has 0 fully saturated rings. The second kappa shape index (κ2) is 9.44. The molecule has 0 saturated heterocycles.